The molecular weight excluding hydrogens is 255 g/mol. The minimum absolute atomic E-state index is 0.132. The van der Waals surface area contributed by atoms with Gasteiger partial charge < -0.3 is 9.84 Å². The lowest BCUT2D eigenvalue weighted by Gasteiger charge is -2.11. The highest BCUT2D eigenvalue weighted by Gasteiger charge is 2.10. The molecule has 0 atom stereocenters. The molecular formula is C14H12ClFO2. The minimum Gasteiger partial charge on any atom is -0.454 e. The van der Waals surface area contributed by atoms with Crippen LogP contribution >= 0.6 is 11.6 Å². The second-order valence-corrected chi connectivity index (χ2v) is 4.34. The van der Waals surface area contributed by atoms with Crippen molar-refractivity contribution in [2.45, 2.75) is 13.5 Å². The van der Waals surface area contributed by atoms with Crippen LogP contribution in [-0.2, 0) is 6.61 Å². The second kappa shape index (κ2) is 5.38. The summed E-state index contributed by atoms with van der Waals surface area (Å²) in [5.41, 5.74) is 1.02. The number of aryl methyl sites for hydroxylation is 1. The Hall–Kier alpha value is -1.58. The first-order valence-corrected chi connectivity index (χ1v) is 5.82. The van der Waals surface area contributed by atoms with E-state index in [4.69, 9.17) is 16.3 Å². The fraction of sp³-hybridized carbons (Fsp3) is 0.143. The van der Waals surface area contributed by atoms with Gasteiger partial charge in [0.1, 0.15) is 5.75 Å². The highest BCUT2D eigenvalue weighted by Crippen LogP contribution is 2.30. The predicted molar refractivity (Wildman–Crippen MR) is 68.6 cm³/mol. The molecule has 2 nitrogen and oxygen atoms in total. The van der Waals surface area contributed by atoms with E-state index < -0.39 is 5.82 Å². The molecule has 0 aliphatic carbocycles. The van der Waals surface area contributed by atoms with E-state index in [1.807, 2.05) is 0 Å². The van der Waals surface area contributed by atoms with Gasteiger partial charge in [0.05, 0.1) is 6.61 Å². The van der Waals surface area contributed by atoms with Crippen LogP contribution in [0.25, 0.3) is 0 Å². The summed E-state index contributed by atoms with van der Waals surface area (Å²) in [6.07, 6.45) is 0. The summed E-state index contributed by atoms with van der Waals surface area (Å²) in [4.78, 5) is 0. The Morgan fingerprint density at radius 2 is 2.00 bits per heavy atom. The number of hydrogen-bond acceptors (Lipinski definition) is 2. The van der Waals surface area contributed by atoms with Crippen molar-refractivity contribution in [3.63, 3.8) is 0 Å². The average molecular weight is 267 g/mol. The van der Waals surface area contributed by atoms with Crippen molar-refractivity contribution in [2.75, 3.05) is 0 Å². The molecule has 0 bridgehead atoms. The third-order valence-electron chi connectivity index (χ3n) is 2.57. The van der Waals surface area contributed by atoms with Gasteiger partial charge in [0.2, 0.25) is 0 Å². The quantitative estimate of drug-likeness (QED) is 0.907. The van der Waals surface area contributed by atoms with Gasteiger partial charge in [0, 0.05) is 10.6 Å². The van der Waals surface area contributed by atoms with Crippen LogP contribution in [0.1, 0.15) is 11.1 Å². The van der Waals surface area contributed by atoms with E-state index in [1.54, 1.807) is 37.3 Å². The van der Waals surface area contributed by atoms with Gasteiger partial charge in [-0.2, -0.15) is 0 Å². The first-order valence-electron chi connectivity index (χ1n) is 5.44. The highest BCUT2D eigenvalue weighted by molar-refractivity contribution is 6.30. The van der Waals surface area contributed by atoms with Gasteiger partial charge in [-0.05, 0) is 36.8 Å². The van der Waals surface area contributed by atoms with E-state index in [0.29, 0.717) is 21.9 Å². The van der Waals surface area contributed by atoms with E-state index in [-0.39, 0.29) is 12.4 Å². The molecule has 0 saturated carbocycles. The summed E-state index contributed by atoms with van der Waals surface area (Å²) in [6, 6.07) is 9.74. The molecule has 0 unspecified atom stereocenters. The number of halogens is 2. The summed E-state index contributed by atoms with van der Waals surface area (Å²) in [6.45, 7) is 1.44. The molecule has 0 aromatic heterocycles. The SMILES string of the molecule is Cc1cccc(Oc2ccc(Cl)cc2CO)c1F. The number of benzene rings is 2. The zero-order chi connectivity index (χ0) is 13.1. The largest absolute Gasteiger partial charge is 0.454 e. The summed E-state index contributed by atoms with van der Waals surface area (Å²) in [5, 5.41) is 9.71. The maximum absolute atomic E-state index is 13.8. The van der Waals surface area contributed by atoms with Crippen molar-refractivity contribution in [3.8, 4) is 11.5 Å². The molecule has 0 saturated heterocycles. The Kier molecular flexibility index (Phi) is 3.84. The van der Waals surface area contributed by atoms with Gasteiger partial charge in [-0.25, -0.2) is 4.39 Å². The van der Waals surface area contributed by atoms with Crippen molar-refractivity contribution in [3.05, 3.63) is 58.4 Å². The Labute approximate surface area is 110 Å². The Bertz CT molecular complexity index is 570. The zero-order valence-corrected chi connectivity index (χ0v) is 10.5. The average Bonchev–Trinajstić information content (AvgIpc) is 2.37. The Balaban J connectivity index is 2.37. The number of aliphatic hydroxyl groups is 1. The maximum atomic E-state index is 13.8. The van der Waals surface area contributed by atoms with Crippen molar-refractivity contribution >= 4 is 11.6 Å². The molecule has 2 rings (SSSR count). The lowest BCUT2D eigenvalue weighted by Crippen LogP contribution is -1.95. The van der Waals surface area contributed by atoms with Crippen LogP contribution in [0.4, 0.5) is 4.39 Å². The number of rotatable bonds is 3. The van der Waals surface area contributed by atoms with Gasteiger partial charge >= 0.3 is 0 Å². The number of aliphatic hydroxyl groups excluding tert-OH is 1. The van der Waals surface area contributed by atoms with E-state index in [1.165, 1.54) is 6.07 Å². The molecule has 0 heterocycles. The summed E-state index contributed by atoms with van der Waals surface area (Å²) in [7, 11) is 0. The van der Waals surface area contributed by atoms with Crippen LogP contribution in [0.2, 0.25) is 5.02 Å². The topological polar surface area (TPSA) is 29.5 Å². The van der Waals surface area contributed by atoms with Crippen LogP contribution in [-0.4, -0.2) is 5.11 Å². The highest BCUT2D eigenvalue weighted by atomic mass is 35.5. The Morgan fingerprint density at radius 3 is 2.72 bits per heavy atom. The fourth-order valence-corrected chi connectivity index (χ4v) is 1.78. The molecule has 0 aliphatic rings. The summed E-state index contributed by atoms with van der Waals surface area (Å²) in [5.74, 6) is 0.120. The first kappa shape index (κ1) is 12.9. The third-order valence-corrected chi connectivity index (χ3v) is 2.80. The van der Waals surface area contributed by atoms with Crippen molar-refractivity contribution < 1.29 is 14.2 Å². The van der Waals surface area contributed by atoms with Gasteiger partial charge in [-0.3, -0.25) is 0 Å². The smallest absolute Gasteiger partial charge is 0.168 e. The lowest BCUT2D eigenvalue weighted by atomic mass is 10.2. The van der Waals surface area contributed by atoms with Gasteiger partial charge in [-0.1, -0.05) is 23.7 Å². The van der Waals surface area contributed by atoms with Crippen LogP contribution in [0.15, 0.2) is 36.4 Å². The molecule has 0 aliphatic heterocycles. The molecule has 18 heavy (non-hydrogen) atoms. The van der Waals surface area contributed by atoms with Crippen LogP contribution in [0.3, 0.4) is 0 Å². The van der Waals surface area contributed by atoms with E-state index in [0.717, 1.165) is 0 Å². The second-order valence-electron chi connectivity index (χ2n) is 3.90. The van der Waals surface area contributed by atoms with Crippen LogP contribution < -0.4 is 4.74 Å². The molecule has 94 valence electrons. The van der Waals surface area contributed by atoms with E-state index in [9.17, 15) is 9.50 Å². The van der Waals surface area contributed by atoms with Crippen LogP contribution in [0, 0.1) is 12.7 Å². The van der Waals surface area contributed by atoms with E-state index >= 15 is 0 Å². The zero-order valence-electron chi connectivity index (χ0n) is 9.78. The monoisotopic (exact) mass is 266 g/mol. The predicted octanol–water partition coefficient (Wildman–Crippen LogP) is 4.07. The van der Waals surface area contributed by atoms with Crippen molar-refractivity contribution in [1.29, 1.82) is 0 Å². The molecule has 0 fully saturated rings. The summed E-state index contributed by atoms with van der Waals surface area (Å²) >= 11 is 5.81. The first-order chi connectivity index (χ1) is 8.61. The molecule has 2 aromatic carbocycles. The van der Waals surface area contributed by atoms with Crippen molar-refractivity contribution in [1.82, 2.24) is 0 Å². The fourth-order valence-electron chi connectivity index (χ4n) is 1.59. The molecule has 4 heteroatoms. The number of hydrogen-bond donors (Lipinski definition) is 1. The molecule has 0 spiro atoms. The van der Waals surface area contributed by atoms with Crippen molar-refractivity contribution in [2.24, 2.45) is 0 Å². The molecule has 0 amide bonds. The van der Waals surface area contributed by atoms with Gasteiger partial charge in [0.25, 0.3) is 0 Å². The summed E-state index contributed by atoms with van der Waals surface area (Å²) < 4.78 is 19.3. The number of ether oxygens (including phenoxy) is 1. The lowest BCUT2D eigenvalue weighted by molar-refractivity contribution is 0.276. The van der Waals surface area contributed by atoms with Crippen LogP contribution in [0.5, 0.6) is 11.5 Å². The maximum Gasteiger partial charge on any atom is 0.168 e. The molecule has 0 radical (unpaired) electrons. The van der Waals surface area contributed by atoms with Gasteiger partial charge in [-0.15, -0.1) is 0 Å². The normalized spacial score (nSPS) is 10.4. The van der Waals surface area contributed by atoms with E-state index in [2.05, 4.69) is 0 Å². The molecule has 2 aromatic rings. The Morgan fingerprint density at radius 1 is 1.22 bits per heavy atom. The third kappa shape index (κ3) is 2.63. The standard InChI is InChI=1S/C14H12ClFO2/c1-9-3-2-4-13(14(9)16)18-12-6-5-11(15)7-10(12)8-17/h2-7,17H,8H2,1H3. The van der Waals surface area contributed by atoms with Gasteiger partial charge in [0.15, 0.2) is 11.6 Å². The molecule has 1 N–H and O–H groups in total. The minimum atomic E-state index is -0.406.